The van der Waals surface area contributed by atoms with E-state index >= 15 is 0 Å². The molecule has 4 rings (SSSR count). The number of hydrogen-bond donors (Lipinski definition) is 0. The average molecular weight is 504 g/mol. The first-order chi connectivity index (χ1) is 17.0. The van der Waals surface area contributed by atoms with Gasteiger partial charge in [0, 0.05) is 37.2 Å². The summed E-state index contributed by atoms with van der Waals surface area (Å²) in [4.78, 5) is 33.1. The Balaban J connectivity index is 1.61. The minimum atomic E-state index is -4.48. The van der Waals surface area contributed by atoms with Gasteiger partial charge in [-0.1, -0.05) is 11.6 Å². The van der Waals surface area contributed by atoms with Crippen molar-refractivity contribution in [2.45, 2.75) is 84.3 Å². The number of benzene rings is 1. The Bertz CT molecular complexity index is 1140. The number of carbonyl (C=O) groups excluding carboxylic acids is 2. The van der Waals surface area contributed by atoms with Crippen molar-refractivity contribution in [3.05, 3.63) is 58.3 Å². The number of ether oxygens (including phenoxy) is 1. The van der Waals surface area contributed by atoms with Crippen molar-refractivity contribution >= 4 is 17.7 Å². The molecule has 0 radical (unpaired) electrons. The highest BCUT2D eigenvalue weighted by molar-refractivity contribution is 5.79. The zero-order valence-electron chi connectivity index (χ0n) is 21.1. The van der Waals surface area contributed by atoms with Crippen LogP contribution in [-0.2, 0) is 22.3 Å². The number of rotatable bonds is 6. The average Bonchev–Trinajstić information content (AvgIpc) is 3.09. The minimum Gasteiger partial charge on any atom is -0.439 e. The van der Waals surface area contributed by atoms with E-state index in [2.05, 4.69) is 4.90 Å². The van der Waals surface area contributed by atoms with E-state index in [9.17, 15) is 22.8 Å². The molecule has 6 nitrogen and oxygen atoms in total. The van der Waals surface area contributed by atoms with Gasteiger partial charge < -0.3 is 9.64 Å². The Morgan fingerprint density at radius 1 is 1.08 bits per heavy atom. The Kier molecular flexibility index (Phi) is 7.29. The van der Waals surface area contributed by atoms with E-state index in [0.29, 0.717) is 30.5 Å². The van der Waals surface area contributed by atoms with E-state index in [0.717, 1.165) is 41.9 Å². The Labute approximate surface area is 209 Å². The van der Waals surface area contributed by atoms with Gasteiger partial charge in [-0.15, -0.1) is 0 Å². The molecule has 1 aliphatic heterocycles. The molecular formula is C27H32F3N3O3. The number of ketones is 1. The first kappa shape index (κ1) is 26.0. The lowest BCUT2D eigenvalue weighted by molar-refractivity contribution is -0.137. The summed E-state index contributed by atoms with van der Waals surface area (Å²) >= 11 is 0. The quantitative estimate of drug-likeness (QED) is 0.474. The fourth-order valence-corrected chi connectivity index (χ4v) is 5.30. The summed E-state index contributed by atoms with van der Waals surface area (Å²) < 4.78 is 45.8. The van der Waals surface area contributed by atoms with Crippen LogP contribution in [0.5, 0.6) is 0 Å². The van der Waals surface area contributed by atoms with E-state index in [1.165, 1.54) is 0 Å². The minimum absolute atomic E-state index is 0.186. The number of amides is 1. The summed E-state index contributed by atoms with van der Waals surface area (Å²) in [5.41, 5.74) is 1.81. The number of Topliss-reactive ketones (excluding diaryl/α,β-unsaturated/α-hetero) is 1. The molecule has 9 heteroatoms. The van der Waals surface area contributed by atoms with Crippen LogP contribution in [-0.4, -0.2) is 40.4 Å². The second-order valence-electron chi connectivity index (χ2n) is 9.85. The van der Waals surface area contributed by atoms with Crippen LogP contribution in [0.15, 0.2) is 30.5 Å². The first-order valence-electron chi connectivity index (χ1n) is 12.4. The van der Waals surface area contributed by atoms with Gasteiger partial charge in [0.15, 0.2) is 0 Å². The van der Waals surface area contributed by atoms with Gasteiger partial charge >= 0.3 is 12.3 Å². The number of pyridine rings is 1. The maximum absolute atomic E-state index is 13.4. The molecular weight excluding hydrogens is 471 g/mol. The number of nitrogens with zero attached hydrogens (tertiary/aromatic N) is 3. The number of hydrogen-bond acceptors (Lipinski definition) is 5. The van der Waals surface area contributed by atoms with Gasteiger partial charge in [-0.2, -0.15) is 13.2 Å². The van der Waals surface area contributed by atoms with Crippen LogP contribution >= 0.6 is 0 Å². The van der Waals surface area contributed by atoms with E-state index < -0.39 is 30.0 Å². The third kappa shape index (κ3) is 5.34. The van der Waals surface area contributed by atoms with Crippen molar-refractivity contribution in [2.24, 2.45) is 0 Å². The zero-order valence-corrected chi connectivity index (χ0v) is 21.1. The molecule has 1 amide bonds. The monoisotopic (exact) mass is 503 g/mol. The molecule has 0 unspecified atom stereocenters. The number of halogens is 3. The summed E-state index contributed by atoms with van der Waals surface area (Å²) in [6.07, 6.45) is -1.45. The van der Waals surface area contributed by atoms with Gasteiger partial charge in [0.2, 0.25) is 0 Å². The van der Waals surface area contributed by atoms with Gasteiger partial charge in [-0.05, 0) is 69.9 Å². The van der Waals surface area contributed by atoms with Crippen molar-refractivity contribution in [1.29, 1.82) is 0 Å². The second kappa shape index (κ2) is 10.1. The van der Waals surface area contributed by atoms with E-state index in [1.807, 2.05) is 19.9 Å². The fourth-order valence-electron chi connectivity index (χ4n) is 5.30. The second-order valence-corrected chi connectivity index (χ2v) is 9.85. The first-order valence-corrected chi connectivity index (χ1v) is 12.4. The lowest BCUT2D eigenvalue weighted by atomic mass is 9.92. The Morgan fingerprint density at radius 3 is 2.42 bits per heavy atom. The Hall–Kier alpha value is -3.10. The van der Waals surface area contributed by atoms with Gasteiger partial charge in [0.1, 0.15) is 17.7 Å². The molecule has 0 spiro atoms. The van der Waals surface area contributed by atoms with Crippen LogP contribution in [0.1, 0.15) is 73.5 Å². The van der Waals surface area contributed by atoms with Crippen LogP contribution in [0.2, 0.25) is 0 Å². The van der Waals surface area contributed by atoms with Crippen LogP contribution in [0, 0.1) is 13.8 Å². The molecule has 36 heavy (non-hydrogen) atoms. The SMILES string of the molecule is CCN(c1ncc(C)cc1CN1C(=O)O[C@H](c2cc(C)cc(C(F)(F)F)c2)[C@@H]1C)C1CCC(=O)CC1. The highest BCUT2D eigenvalue weighted by Gasteiger charge is 2.41. The smallest absolute Gasteiger partial charge is 0.416 e. The summed E-state index contributed by atoms with van der Waals surface area (Å²) in [5.74, 6) is 1.05. The molecule has 2 fully saturated rings. The topological polar surface area (TPSA) is 62.7 Å². The van der Waals surface area contributed by atoms with Crippen molar-refractivity contribution in [3.63, 3.8) is 0 Å². The zero-order chi connectivity index (χ0) is 26.2. The van der Waals surface area contributed by atoms with Crippen molar-refractivity contribution < 1.29 is 27.5 Å². The van der Waals surface area contributed by atoms with Gasteiger partial charge in [0.25, 0.3) is 0 Å². The summed E-state index contributed by atoms with van der Waals surface area (Å²) in [6.45, 7) is 8.28. The van der Waals surface area contributed by atoms with Crippen LogP contribution in [0.4, 0.5) is 23.8 Å². The molecule has 2 atom stereocenters. The molecule has 0 bridgehead atoms. The number of aromatic nitrogens is 1. The molecule has 1 aromatic heterocycles. The molecule has 1 saturated heterocycles. The highest BCUT2D eigenvalue weighted by Crippen LogP contribution is 2.38. The maximum Gasteiger partial charge on any atom is 0.416 e. The summed E-state index contributed by atoms with van der Waals surface area (Å²) in [6, 6.07) is 5.48. The number of carbonyl (C=O) groups is 2. The maximum atomic E-state index is 13.4. The van der Waals surface area contributed by atoms with E-state index in [-0.39, 0.29) is 18.4 Å². The van der Waals surface area contributed by atoms with Crippen molar-refractivity contribution in [1.82, 2.24) is 9.88 Å². The van der Waals surface area contributed by atoms with Gasteiger partial charge in [-0.25, -0.2) is 9.78 Å². The van der Waals surface area contributed by atoms with E-state index in [4.69, 9.17) is 9.72 Å². The van der Waals surface area contributed by atoms with Crippen LogP contribution in [0.3, 0.4) is 0 Å². The van der Waals surface area contributed by atoms with E-state index in [1.54, 1.807) is 31.0 Å². The molecule has 1 aliphatic carbocycles. The number of alkyl halides is 3. The number of cyclic esters (lactones) is 1. The number of anilines is 1. The third-order valence-corrected chi connectivity index (χ3v) is 7.13. The molecule has 1 aromatic carbocycles. The third-order valence-electron chi connectivity index (χ3n) is 7.13. The van der Waals surface area contributed by atoms with Crippen LogP contribution < -0.4 is 4.90 Å². The molecule has 2 heterocycles. The standard InChI is InChI=1S/C27H32F3N3O3/c1-5-32(22-6-8-23(34)9-7-22)25-20(11-17(3)14-31-25)15-33-18(4)24(36-26(33)35)19-10-16(2)12-21(13-19)27(28,29)30/h10-14,18,22,24H,5-9,15H2,1-4H3/t18-,24-/m0/s1. The van der Waals surface area contributed by atoms with Gasteiger partial charge in [-0.3, -0.25) is 9.69 Å². The molecule has 2 aliphatic rings. The molecule has 1 saturated carbocycles. The molecule has 194 valence electrons. The lowest BCUT2D eigenvalue weighted by Crippen LogP contribution is -2.40. The predicted octanol–water partition coefficient (Wildman–Crippen LogP) is 6.14. The fraction of sp³-hybridized carbons (Fsp3) is 0.519. The Morgan fingerprint density at radius 2 is 1.78 bits per heavy atom. The largest absolute Gasteiger partial charge is 0.439 e. The molecule has 0 N–H and O–H groups in total. The van der Waals surface area contributed by atoms with Crippen molar-refractivity contribution in [3.8, 4) is 0 Å². The number of aryl methyl sites for hydroxylation is 2. The lowest BCUT2D eigenvalue weighted by Gasteiger charge is -2.36. The van der Waals surface area contributed by atoms with Crippen LogP contribution in [0.25, 0.3) is 0 Å². The van der Waals surface area contributed by atoms with Gasteiger partial charge in [0.05, 0.1) is 18.2 Å². The highest BCUT2D eigenvalue weighted by atomic mass is 19.4. The summed E-state index contributed by atoms with van der Waals surface area (Å²) in [7, 11) is 0. The predicted molar refractivity (Wildman–Crippen MR) is 130 cm³/mol. The summed E-state index contributed by atoms with van der Waals surface area (Å²) in [5, 5.41) is 0. The van der Waals surface area contributed by atoms with Crippen molar-refractivity contribution in [2.75, 3.05) is 11.4 Å². The molecule has 2 aromatic rings. The normalized spacial score (nSPS) is 21.1.